The van der Waals surface area contributed by atoms with Crippen LogP contribution in [0.2, 0.25) is 5.02 Å². The maximum Gasteiger partial charge on any atom is 0.337 e. The first kappa shape index (κ1) is 25.4. The number of anilines is 1. The van der Waals surface area contributed by atoms with Crippen molar-refractivity contribution in [3.63, 3.8) is 0 Å². The maximum atomic E-state index is 12.4. The van der Waals surface area contributed by atoms with E-state index in [-0.39, 0.29) is 11.9 Å². The monoisotopic (exact) mass is 511 g/mol. The van der Waals surface area contributed by atoms with Crippen molar-refractivity contribution < 1.29 is 19.0 Å². The Kier molecular flexibility index (Phi) is 8.07. The Morgan fingerprint density at radius 3 is 2.75 bits per heavy atom. The SMILES string of the molecule is CCCc1cc(Cl)ccc1C1COc2ccc(C(=O)OC)cc2N(CC2CCC2C2CCCCO2)C1. The average molecular weight is 512 g/mol. The molecular weight excluding hydrogens is 474 g/mol. The largest absolute Gasteiger partial charge is 0.491 e. The quantitative estimate of drug-likeness (QED) is 0.389. The maximum absolute atomic E-state index is 12.4. The van der Waals surface area contributed by atoms with Crippen LogP contribution in [0.25, 0.3) is 0 Å². The Morgan fingerprint density at radius 1 is 1.14 bits per heavy atom. The highest BCUT2D eigenvalue weighted by Crippen LogP contribution is 2.44. The molecule has 2 aliphatic heterocycles. The van der Waals surface area contributed by atoms with E-state index >= 15 is 0 Å². The van der Waals surface area contributed by atoms with Gasteiger partial charge in [-0.1, -0.05) is 31.0 Å². The van der Waals surface area contributed by atoms with Crippen LogP contribution in [0.1, 0.15) is 72.9 Å². The number of halogens is 1. The third-order valence-corrected chi connectivity index (χ3v) is 8.52. The summed E-state index contributed by atoms with van der Waals surface area (Å²) in [6, 6.07) is 12.0. The van der Waals surface area contributed by atoms with Crippen LogP contribution in [-0.2, 0) is 15.9 Å². The minimum atomic E-state index is -0.321. The van der Waals surface area contributed by atoms with Crippen LogP contribution in [0, 0.1) is 11.8 Å². The molecule has 1 saturated carbocycles. The molecule has 2 heterocycles. The van der Waals surface area contributed by atoms with Crippen LogP contribution < -0.4 is 9.64 Å². The summed E-state index contributed by atoms with van der Waals surface area (Å²) in [6.45, 7) is 5.48. The van der Waals surface area contributed by atoms with Gasteiger partial charge in [-0.2, -0.15) is 0 Å². The number of carbonyl (C=O) groups excluding carboxylic acids is 1. The Balaban J connectivity index is 1.45. The van der Waals surface area contributed by atoms with Gasteiger partial charge >= 0.3 is 5.97 Å². The summed E-state index contributed by atoms with van der Waals surface area (Å²) in [4.78, 5) is 14.8. The van der Waals surface area contributed by atoms with Gasteiger partial charge in [0.25, 0.3) is 0 Å². The number of esters is 1. The van der Waals surface area contributed by atoms with E-state index in [0.29, 0.717) is 30.1 Å². The molecule has 0 bridgehead atoms. The van der Waals surface area contributed by atoms with E-state index in [1.165, 1.54) is 50.3 Å². The number of methoxy groups -OCH3 is 1. The third-order valence-electron chi connectivity index (χ3n) is 8.29. The van der Waals surface area contributed by atoms with Crippen molar-refractivity contribution in [3.05, 3.63) is 58.1 Å². The Bertz CT molecular complexity index is 1070. The Morgan fingerprint density at radius 2 is 2.03 bits per heavy atom. The second-order valence-corrected chi connectivity index (χ2v) is 11.0. The van der Waals surface area contributed by atoms with Crippen molar-refractivity contribution in [1.29, 1.82) is 0 Å². The van der Waals surface area contributed by atoms with Crippen molar-refractivity contribution in [2.24, 2.45) is 11.8 Å². The van der Waals surface area contributed by atoms with Crippen molar-refractivity contribution >= 4 is 23.3 Å². The second-order valence-electron chi connectivity index (χ2n) is 10.6. The first-order valence-electron chi connectivity index (χ1n) is 13.6. The summed E-state index contributed by atoms with van der Waals surface area (Å²) in [5.74, 6) is 1.93. The van der Waals surface area contributed by atoms with E-state index in [1.807, 2.05) is 18.2 Å². The summed E-state index contributed by atoms with van der Waals surface area (Å²) < 4.78 is 17.6. The summed E-state index contributed by atoms with van der Waals surface area (Å²) in [7, 11) is 1.43. The first-order chi connectivity index (χ1) is 17.6. The number of nitrogens with zero attached hydrogens (tertiary/aromatic N) is 1. The van der Waals surface area contributed by atoms with Crippen molar-refractivity contribution in [2.75, 3.05) is 38.3 Å². The van der Waals surface area contributed by atoms with Gasteiger partial charge in [-0.3, -0.25) is 0 Å². The fourth-order valence-corrected chi connectivity index (χ4v) is 6.45. The topological polar surface area (TPSA) is 48.0 Å². The number of rotatable bonds is 7. The molecule has 2 aromatic carbocycles. The minimum absolute atomic E-state index is 0.210. The van der Waals surface area contributed by atoms with Gasteiger partial charge in [0.05, 0.1) is 31.1 Å². The molecule has 0 aromatic heterocycles. The van der Waals surface area contributed by atoms with Crippen molar-refractivity contribution in [3.8, 4) is 5.75 Å². The molecule has 3 aliphatic rings. The van der Waals surface area contributed by atoms with Gasteiger partial charge in [0.2, 0.25) is 0 Å². The summed E-state index contributed by atoms with van der Waals surface area (Å²) in [6.07, 6.45) is 8.57. The van der Waals surface area contributed by atoms with E-state index in [4.69, 9.17) is 25.8 Å². The van der Waals surface area contributed by atoms with Gasteiger partial charge in [-0.05, 0) is 91.8 Å². The molecule has 0 N–H and O–H groups in total. The molecule has 6 heteroatoms. The smallest absolute Gasteiger partial charge is 0.337 e. The number of aryl methyl sites for hydroxylation is 1. The molecule has 1 aliphatic carbocycles. The highest BCUT2D eigenvalue weighted by atomic mass is 35.5. The fraction of sp³-hybridized carbons (Fsp3) is 0.567. The summed E-state index contributed by atoms with van der Waals surface area (Å²) >= 11 is 6.37. The molecule has 5 rings (SSSR count). The van der Waals surface area contributed by atoms with Gasteiger partial charge in [0, 0.05) is 30.6 Å². The molecule has 0 spiro atoms. The summed E-state index contributed by atoms with van der Waals surface area (Å²) in [5.41, 5.74) is 4.16. The molecular formula is C30H38ClNO4. The van der Waals surface area contributed by atoms with Crippen molar-refractivity contribution in [2.45, 2.75) is 63.9 Å². The number of ether oxygens (including phenoxy) is 3. The molecule has 2 fully saturated rings. The highest BCUT2D eigenvalue weighted by molar-refractivity contribution is 6.30. The molecule has 1 saturated heterocycles. The lowest BCUT2D eigenvalue weighted by molar-refractivity contribution is -0.0663. The zero-order valence-corrected chi connectivity index (χ0v) is 22.3. The Labute approximate surface area is 220 Å². The lowest BCUT2D eigenvalue weighted by Gasteiger charge is -2.45. The average Bonchev–Trinajstić information content (AvgIpc) is 3.06. The molecule has 0 amide bonds. The van der Waals surface area contributed by atoms with E-state index in [9.17, 15) is 4.79 Å². The number of fused-ring (bicyclic) bond motifs is 1. The van der Waals surface area contributed by atoms with Gasteiger partial charge in [0.15, 0.2) is 0 Å². The molecule has 0 radical (unpaired) electrons. The second kappa shape index (κ2) is 11.4. The molecule has 4 atom stereocenters. The zero-order valence-electron chi connectivity index (χ0n) is 21.5. The molecule has 4 unspecified atom stereocenters. The van der Waals surface area contributed by atoms with E-state index < -0.39 is 0 Å². The summed E-state index contributed by atoms with van der Waals surface area (Å²) in [5, 5.41) is 0.782. The van der Waals surface area contributed by atoms with Crippen LogP contribution in [0.4, 0.5) is 5.69 Å². The molecule has 5 nitrogen and oxygen atoms in total. The van der Waals surface area contributed by atoms with Crippen LogP contribution >= 0.6 is 11.6 Å². The van der Waals surface area contributed by atoms with E-state index in [2.05, 4.69) is 24.0 Å². The third kappa shape index (κ3) is 5.38. The van der Waals surface area contributed by atoms with Crippen LogP contribution in [-0.4, -0.2) is 45.5 Å². The number of benzene rings is 2. The fourth-order valence-electron chi connectivity index (χ4n) is 6.26. The molecule has 194 valence electrons. The minimum Gasteiger partial charge on any atom is -0.491 e. The molecule has 36 heavy (non-hydrogen) atoms. The van der Waals surface area contributed by atoms with Crippen LogP contribution in [0.5, 0.6) is 5.75 Å². The first-order valence-corrected chi connectivity index (χ1v) is 13.9. The van der Waals surface area contributed by atoms with E-state index in [0.717, 1.165) is 49.0 Å². The van der Waals surface area contributed by atoms with E-state index in [1.54, 1.807) is 6.07 Å². The normalized spacial score (nSPS) is 25.8. The van der Waals surface area contributed by atoms with Crippen LogP contribution in [0.15, 0.2) is 36.4 Å². The van der Waals surface area contributed by atoms with Crippen molar-refractivity contribution in [1.82, 2.24) is 0 Å². The lowest BCUT2D eigenvalue weighted by Crippen LogP contribution is -2.45. The molecule has 2 aromatic rings. The van der Waals surface area contributed by atoms with Gasteiger partial charge in [-0.25, -0.2) is 4.79 Å². The predicted octanol–water partition coefficient (Wildman–Crippen LogP) is 6.66. The van der Waals surface area contributed by atoms with Gasteiger partial charge in [0.1, 0.15) is 5.75 Å². The highest BCUT2D eigenvalue weighted by Gasteiger charge is 2.40. The lowest BCUT2D eigenvalue weighted by atomic mass is 9.69. The Hall–Kier alpha value is -2.24. The predicted molar refractivity (Wildman–Crippen MR) is 143 cm³/mol. The van der Waals surface area contributed by atoms with Gasteiger partial charge < -0.3 is 19.1 Å². The van der Waals surface area contributed by atoms with Gasteiger partial charge in [-0.15, -0.1) is 0 Å². The number of carbonyl (C=O) groups is 1. The number of hydrogen-bond acceptors (Lipinski definition) is 5. The number of hydrogen-bond donors (Lipinski definition) is 0. The zero-order chi connectivity index (χ0) is 25.1. The van der Waals surface area contributed by atoms with Crippen LogP contribution in [0.3, 0.4) is 0 Å². The standard InChI is InChI=1S/C30H38ClNO4/c1-3-6-20-15-24(31)10-12-25(20)23-18-32(17-22-8-11-26(22)28-7-4-5-14-35-28)27-16-21(30(33)34-2)9-13-29(27)36-19-23/h9-10,12-13,15-16,22-23,26,28H,3-8,11,14,17-19H2,1-2H3.